The Balaban J connectivity index is 1.89. The maximum atomic E-state index is 12.6. The summed E-state index contributed by atoms with van der Waals surface area (Å²) in [6.07, 6.45) is 0.493. The second kappa shape index (κ2) is 13.5. The summed E-state index contributed by atoms with van der Waals surface area (Å²) in [5, 5.41) is 14.7. The molecule has 2 aromatic carbocycles. The van der Waals surface area contributed by atoms with Crippen LogP contribution in [0.4, 0.5) is 0 Å². The van der Waals surface area contributed by atoms with Crippen molar-refractivity contribution in [2.24, 2.45) is 11.7 Å². The van der Waals surface area contributed by atoms with Crippen LogP contribution in [-0.4, -0.2) is 55.4 Å². The monoisotopic (exact) mass is 485 g/mol. The number of carbonyl (C=O) groups is 3. The molecule has 0 fully saturated rings. The first-order chi connectivity index (χ1) is 16.6. The van der Waals surface area contributed by atoms with E-state index in [2.05, 4.69) is 10.6 Å². The Kier molecular flexibility index (Phi) is 10.7. The van der Waals surface area contributed by atoms with Gasteiger partial charge in [0, 0.05) is 20.1 Å². The molecule has 190 valence electrons. The smallest absolute Gasteiger partial charge is 0.326 e. The van der Waals surface area contributed by atoms with Gasteiger partial charge in [0.05, 0.1) is 12.0 Å². The third kappa shape index (κ3) is 8.70. The number of aryl methyl sites for hydroxylation is 2. The lowest BCUT2D eigenvalue weighted by atomic mass is 9.96. The SMILES string of the molecule is COCOc1cc(C)c(CC(N)C(=O)NCC(C)C(=O)N[C@@H](Cc2ccccc2)C(=O)O)c(C)c1. The number of carboxylic acid groups (broad SMARTS) is 1. The summed E-state index contributed by atoms with van der Waals surface area (Å²) in [5.41, 5.74) is 9.79. The Morgan fingerprint density at radius 2 is 1.66 bits per heavy atom. The van der Waals surface area contributed by atoms with Crippen molar-refractivity contribution in [1.29, 1.82) is 0 Å². The molecule has 0 saturated heterocycles. The van der Waals surface area contributed by atoms with Crippen LogP contribution in [0, 0.1) is 19.8 Å². The van der Waals surface area contributed by atoms with E-state index in [1.807, 2.05) is 44.2 Å². The molecule has 9 heteroatoms. The minimum atomic E-state index is -1.12. The van der Waals surface area contributed by atoms with Crippen LogP contribution in [0.5, 0.6) is 5.75 Å². The summed E-state index contributed by atoms with van der Waals surface area (Å²) < 4.78 is 10.4. The van der Waals surface area contributed by atoms with Gasteiger partial charge in [-0.1, -0.05) is 37.3 Å². The fourth-order valence-corrected chi connectivity index (χ4v) is 3.64. The molecule has 0 heterocycles. The summed E-state index contributed by atoms with van der Waals surface area (Å²) in [5.74, 6) is -1.92. The van der Waals surface area contributed by atoms with Crippen LogP contribution in [0.25, 0.3) is 0 Å². The lowest BCUT2D eigenvalue weighted by Crippen LogP contribution is -2.48. The molecule has 2 rings (SSSR count). The van der Waals surface area contributed by atoms with Crippen LogP contribution < -0.4 is 21.1 Å². The second-order valence-electron chi connectivity index (χ2n) is 8.63. The molecular formula is C26H35N3O6. The van der Waals surface area contributed by atoms with Gasteiger partial charge >= 0.3 is 5.97 Å². The van der Waals surface area contributed by atoms with Crippen LogP contribution in [0.3, 0.4) is 0 Å². The standard InChI is InChI=1S/C26H35N3O6/c1-16-10-20(35-15-34-4)11-17(2)21(16)13-22(27)25(31)28-14-18(3)24(30)29-23(26(32)33)12-19-8-6-5-7-9-19/h5-11,18,22-23H,12-15,27H2,1-4H3,(H,28,31)(H,29,30)(H,32,33)/t18?,22?,23-/m0/s1. The Morgan fingerprint density at radius 1 is 1.03 bits per heavy atom. The molecule has 0 saturated carbocycles. The topological polar surface area (TPSA) is 140 Å². The molecule has 0 aliphatic rings. The fraction of sp³-hybridized carbons (Fsp3) is 0.423. The molecule has 2 aromatic rings. The van der Waals surface area contributed by atoms with Crippen LogP contribution in [0.2, 0.25) is 0 Å². The van der Waals surface area contributed by atoms with Crippen molar-refractivity contribution in [2.75, 3.05) is 20.4 Å². The van der Waals surface area contributed by atoms with Crippen molar-refractivity contribution in [3.8, 4) is 5.75 Å². The zero-order chi connectivity index (χ0) is 26.0. The quantitative estimate of drug-likeness (QED) is 0.317. The summed E-state index contributed by atoms with van der Waals surface area (Å²) in [6.45, 7) is 5.65. The van der Waals surface area contributed by atoms with Crippen molar-refractivity contribution in [3.05, 3.63) is 64.7 Å². The predicted molar refractivity (Wildman–Crippen MR) is 132 cm³/mol. The van der Waals surface area contributed by atoms with E-state index in [4.69, 9.17) is 15.2 Å². The summed E-state index contributed by atoms with van der Waals surface area (Å²) in [6, 6.07) is 10.9. The number of benzene rings is 2. The first kappa shape index (κ1) is 27.8. The third-order valence-electron chi connectivity index (χ3n) is 5.70. The number of hydrogen-bond acceptors (Lipinski definition) is 6. The number of aliphatic carboxylic acids is 1. The molecule has 0 spiro atoms. The normalized spacial score (nSPS) is 13.4. The van der Waals surface area contributed by atoms with E-state index in [0.29, 0.717) is 12.2 Å². The van der Waals surface area contributed by atoms with Gasteiger partial charge in [0.15, 0.2) is 6.79 Å². The maximum Gasteiger partial charge on any atom is 0.326 e. The first-order valence-electron chi connectivity index (χ1n) is 11.4. The van der Waals surface area contributed by atoms with Crippen molar-refractivity contribution < 1.29 is 29.0 Å². The number of ether oxygens (including phenoxy) is 2. The molecule has 0 aliphatic heterocycles. The first-order valence-corrected chi connectivity index (χ1v) is 11.4. The Hall–Kier alpha value is -3.43. The highest BCUT2D eigenvalue weighted by Gasteiger charge is 2.24. The van der Waals surface area contributed by atoms with E-state index in [1.165, 1.54) is 0 Å². The highest BCUT2D eigenvalue weighted by atomic mass is 16.7. The molecule has 2 unspecified atom stereocenters. The van der Waals surface area contributed by atoms with Crippen LogP contribution >= 0.6 is 0 Å². The number of nitrogens with two attached hydrogens (primary N) is 1. The van der Waals surface area contributed by atoms with Crippen molar-refractivity contribution in [1.82, 2.24) is 10.6 Å². The number of methoxy groups -OCH3 is 1. The van der Waals surface area contributed by atoms with E-state index in [9.17, 15) is 19.5 Å². The number of amides is 2. The molecule has 0 radical (unpaired) electrons. The fourth-order valence-electron chi connectivity index (χ4n) is 3.64. The molecule has 0 aliphatic carbocycles. The van der Waals surface area contributed by atoms with Gasteiger partial charge in [0.25, 0.3) is 0 Å². The molecule has 0 aromatic heterocycles. The number of carbonyl (C=O) groups excluding carboxylic acids is 2. The molecule has 9 nitrogen and oxygen atoms in total. The average molecular weight is 486 g/mol. The Morgan fingerprint density at radius 3 is 2.23 bits per heavy atom. The lowest BCUT2D eigenvalue weighted by molar-refractivity contribution is -0.142. The number of rotatable bonds is 13. The zero-order valence-corrected chi connectivity index (χ0v) is 20.7. The minimum absolute atomic E-state index is 0.0395. The summed E-state index contributed by atoms with van der Waals surface area (Å²) in [4.78, 5) is 36.7. The molecule has 5 N–H and O–H groups in total. The van der Waals surface area contributed by atoms with Gasteiger partial charge in [0.2, 0.25) is 11.8 Å². The summed E-state index contributed by atoms with van der Waals surface area (Å²) in [7, 11) is 1.55. The average Bonchev–Trinajstić information content (AvgIpc) is 2.83. The van der Waals surface area contributed by atoms with Gasteiger partial charge < -0.3 is 30.9 Å². The van der Waals surface area contributed by atoms with E-state index >= 15 is 0 Å². The second-order valence-corrected chi connectivity index (χ2v) is 8.63. The zero-order valence-electron chi connectivity index (χ0n) is 20.7. The van der Waals surface area contributed by atoms with Gasteiger partial charge in [-0.3, -0.25) is 9.59 Å². The maximum absolute atomic E-state index is 12.6. The molecule has 0 bridgehead atoms. The van der Waals surface area contributed by atoms with Crippen molar-refractivity contribution in [2.45, 2.75) is 45.7 Å². The van der Waals surface area contributed by atoms with Gasteiger partial charge in [-0.25, -0.2) is 4.79 Å². The molecule has 35 heavy (non-hydrogen) atoms. The number of nitrogens with one attached hydrogen (secondary N) is 2. The summed E-state index contributed by atoms with van der Waals surface area (Å²) >= 11 is 0. The Bertz CT molecular complexity index is 988. The molecule has 2 amide bonds. The van der Waals surface area contributed by atoms with Gasteiger partial charge in [-0.2, -0.15) is 0 Å². The van der Waals surface area contributed by atoms with Gasteiger partial charge in [0.1, 0.15) is 11.8 Å². The third-order valence-corrected chi connectivity index (χ3v) is 5.70. The van der Waals surface area contributed by atoms with Gasteiger partial charge in [-0.15, -0.1) is 0 Å². The van der Waals surface area contributed by atoms with Crippen LogP contribution in [0.15, 0.2) is 42.5 Å². The molecule has 3 atom stereocenters. The van der Waals surface area contributed by atoms with Gasteiger partial charge in [-0.05, 0) is 54.7 Å². The number of hydrogen-bond donors (Lipinski definition) is 4. The van der Waals surface area contributed by atoms with Crippen molar-refractivity contribution in [3.63, 3.8) is 0 Å². The van der Waals surface area contributed by atoms with E-state index in [0.717, 1.165) is 22.3 Å². The van der Waals surface area contributed by atoms with Crippen LogP contribution in [-0.2, 0) is 32.0 Å². The van der Waals surface area contributed by atoms with E-state index in [1.54, 1.807) is 26.2 Å². The van der Waals surface area contributed by atoms with Crippen LogP contribution in [0.1, 0.15) is 29.2 Å². The lowest BCUT2D eigenvalue weighted by Gasteiger charge is -2.20. The predicted octanol–water partition coefficient (Wildman–Crippen LogP) is 1.72. The van der Waals surface area contributed by atoms with E-state index < -0.39 is 29.9 Å². The largest absolute Gasteiger partial charge is 0.480 e. The molecular weight excluding hydrogens is 450 g/mol. The minimum Gasteiger partial charge on any atom is -0.480 e. The highest BCUT2D eigenvalue weighted by Crippen LogP contribution is 2.23. The van der Waals surface area contributed by atoms with Crippen molar-refractivity contribution >= 4 is 17.8 Å². The Labute approximate surface area is 206 Å². The highest BCUT2D eigenvalue weighted by molar-refractivity contribution is 5.86. The number of carboxylic acids is 1. The van der Waals surface area contributed by atoms with E-state index in [-0.39, 0.29) is 25.7 Å².